The second kappa shape index (κ2) is 6.02. The maximum atomic E-state index is 9.95. The van der Waals surface area contributed by atoms with E-state index in [4.69, 9.17) is 11.6 Å². The van der Waals surface area contributed by atoms with Crippen molar-refractivity contribution < 1.29 is 5.11 Å². The molecule has 3 nitrogen and oxygen atoms in total. The van der Waals surface area contributed by atoms with Crippen LogP contribution < -0.4 is 0 Å². The van der Waals surface area contributed by atoms with E-state index in [0.29, 0.717) is 17.1 Å². The van der Waals surface area contributed by atoms with Gasteiger partial charge in [0.1, 0.15) is 0 Å². The molecule has 1 aromatic heterocycles. The maximum Gasteiger partial charge on any atom is 0.198 e. The van der Waals surface area contributed by atoms with Crippen molar-refractivity contribution in [2.24, 2.45) is 4.99 Å². The average Bonchev–Trinajstić information content (AvgIpc) is 2.80. The molecule has 0 amide bonds. The fourth-order valence-corrected chi connectivity index (χ4v) is 2.47. The zero-order valence-corrected chi connectivity index (χ0v) is 12.1. The molecule has 3 aromatic rings. The molecule has 0 spiro atoms. The van der Waals surface area contributed by atoms with Gasteiger partial charge in [-0.2, -0.15) is 0 Å². The van der Waals surface area contributed by atoms with Crippen LogP contribution >= 0.6 is 11.6 Å². The van der Waals surface area contributed by atoms with Crippen molar-refractivity contribution in [2.45, 2.75) is 6.42 Å². The van der Waals surface area contributed by atoms with Crippen LogP contribution in [0.25, 0.3) is 10.9 Å². The van der Waals surface area contributed by atoms with Gasteiger partial charge in [0.15, 0.2) is 5.88 Å². The largest absolute Gasteiger partial charge is 0.494 e. The standard InChI is InChI=1S/C17H15ClN2O/c18-13-6-7-16-14(10-13)15(17(21)20-16)11-19-9-8-12-4-2-1-3-5-12/h1-7,10-11,20-21H,8-9H2. The summed E-state index contributed by atoms with van der Waals surface area (Å²) in [6, 6.07) is 15.7. The van der Waals surface area contributed by atoms with E-state index in [0.717, 1.165) is 17.3 Å². The second-order valence-corrected chi connectivity index (χ2v) is 5.28. The normalized spacial score (nSPS) is 11.5. The summed E-state index contributed by atoms with van der Waals surface area (Å²) in [6.07, 6.45) is 2.58. The van der Waals surface area contributed by atoms with Crippen LogP contribution in [0.4, 0.5) is 0 Å². The minimum atomic E-state index is 0.121. The minimum absolute atomic E-state index is 0.121. The molecule has 0 aliphatic rings. The van der Waals surface area contributed by atoms with Crippen molar-refractivity contribution in [1.29, 1.82) is 0 Å². The van der Waals surface area contributed by atoms with Crippen LogP contribution in [0.1, 0.15) is 11.1 Å². The van der Waals surface area contributed by atoms with Crippen LogP contribution in [0.3, 0.4) is 0 Å². The Bertz CT molecular complexity index is 778. The molecule has 21 heavy (non-hydrogen) atoms. The van der Waals surface area contributed by atoms with Gasteiger partial charge in [0, 0.05) is 28.7 Å². The van der Waals surface area contributed by atoms with Gasteiger partial charge in [-0.15, -0.1) is 0 Å². The lowest BCUT2D eigenvalue weighted by molar-refractivity contribution is 0.457. The summed E-state index contributed by atoms with van der Waals surface area (Å²) in [6.45, 7) is 0.677. The van der Waals surface area contributed by atoms with Crippen molar-refractivity contribution in [1.82, 2.24) is 4.98 Å². The van der Waals surface area contributed by atoms with E-state index >= 15 is 0 Å². The summed E-state index contributed by atoms with van der Waals surface area (Å²) in [5.74, 6) is 0.121. The van der Waals surface area contributed by atoms with Gasteiger partial charge in [0.05, 0.1) is 5.56 Å². The van der Waals surface area contributed by atoms with Crippen molar-refractivity contribution in [3.63, 3.8) is 0 Å². The van der Waals surface area contributed by atoms with Crippen molar-refractivity contribution in [2.75, 3.05) is 6.54 Å². The summed E-state index contributed by atoms with van der Waals surface area (Å²) in [5.41, 5.74) is 2.78. The predicted octanol–water partition coefficient (Wildman–Crippen LogP) is 4.19. The highest BCUT2D eigenvalue weighted by Crippen LogP contribution is 2.27. The Morgan fingerprint density at radius 1 is 1.14 bits per heavy atom. The SMILES string of the molecule is Oc1[nH]c2ccc(Cl)cc2c1C=NCCc1ccccc1. The average molecular weight is 299 g/mol. The molecule has 1 heterocycles. The molecule has 2 aromatic carbocycles. The topological polar surface area (TPSA) is 48.4 Å². The maximum absolute atomic E-state index is 9.95. The van der Waals surface area contributed by atoms with E-state index in [-0.39, 0.29) is 5.88 Å². The first-order valence-electron chi connectivity index (χ1n) is 6.78. The molecular formula is C17H15ClN2O. The summed E-state index contributed by atoms with van der Waals surface area (Å²) < 4.78 is 0. The van der Waals surface area contributed by atoms with Crippen LogP contribution in [-0.2, 0) is 6.42 Å². The number of rotatable bonds is 4. The van der Waals surface area contributed by atoms with Gasteiger partial charge in [-0.3, -0.25) is 4.99 Å². The van der Waals surface area contributed by atoms with Crippen LogP contribution in [0.2, 0.25) is 5.02 Å². The van der Waals surface area contributed by atoms with E-state index < -0.39 is 0 Å². The van der Waals surface area contributed by atoms with Crippen LogP contribution in [0.5, 0.6) is 5.88 Å². The number of fused-ring (bicyclic) bond motifs is 1. The molecule has 106 valence electrons. The highest BCUT2D eigenvalue weighted by atomic mass is 35.5. The quantitative estimate of drug-likeness (QED) is 0.697. The smallest absolute Gasteiger partial charge is 0.198 e. The number of aliphatic imine (C=N–C) groups is 1. The number of hydrogen-bond donors (Lipinski definition) is 2. The third-order valence-corrected chi connectivity index (χ3v) is 3.61. The lowest BCUT2D eigenvalue weighted by Crippen LogP contribution is -1.90. The Morgan fingerprint density at radius 2 is 1.95 bits per heavy atom. The summed E-state index contributed by atoms with van der Waals surface area (Å²) in [4.78, 5) is 7.32. The molecule has 0 atom stereocenters. The number of H-pyrrole nitrogens is 1. The molecule has 0 saturated heterocycles. The molecule has 0 saturated carbocycles. The molecule has 0 aliphatic heterocycles. The molecule has 3 rings (SSSR count). The van der Waals surface area contributed by atoms with Gasteiger partial charge in [-0.25, -0.2) is 0 Å². The van der Waals surface area contributed by atoms with Gasteiger partial charge < -0.3 is 10.1 Å². The number of halogens is 1. The van der Waals surface area contributed by atoms with Crippen LogP contribution in [0.15, 0.2) is 53.5 Å². The summed E-state index contributed by atoms with van der Waals surface area (Å²) in [7, 11) is 0. The van der Waals surface area contributed by atoms with Gasteiger partial charge in [0.2, 0.25) is 0 Å². The first-order valence-corrected chi connectivity index (χ1v) is 7.16. The fraction of sp³-hybridized carbons (Fsp3) is 0.118. The molecule has 0 radical (unpaired) electrons. The monoisotopic (exact) mass is 298 g/mol. The van der Waals surface area contributed by atoms with E-state index in [1.54, 1.807) is 12.3 Å². The fourth-order valence-electron chi connectivity index (χ4n) is 2.30. The van der Waals surface area contributed by atoms with Crippen molar-refractivity contribution >= 4 is 28.7 Å². The molecule has 0 bridgehead atoms. The number of aromatic nitrogens is 1. The first kappa shape index (κ1) is 13.7. The number of aromatic amines is 1. The zero-order valence-electron chi connectivity index (χ0n) is 11.4. The van der Waals surface area contributed by atoms with Gasteiger partial charge in [-0.1, -0.05) is 41.9 Å². The lowest BCUT2D eigenvalue weighted by atomic mass is 10.1. The zero-order chi connectivity index (χ0) is 14.7. The molecule has 0 fully saturated rings. The number of nitrogens with zero attached hydrogens (tertiary/aromatic N) is 1. The Morgan fingerprint density at radius 3 is 2.76 bits per heavy atom. The van der Waals surface area contributed by atoms with Gasteiger partial charge in [0.25, 0.3) is 0 Å². The van der Waals surface area contributed by atoms with Crippen LogP contribution in [-0.4, -0.2) is 22.8 Å². The summed E-state index contributed by atoms with van der Waals surface area (Å²) in [5, 5.41) is 11.5. The lowest BCUT2D eigenvalue weighted by Gasteiger charge is -1.97. The summed E-state index contributed by atoms with van der Waals surface area (Å²) >= 11 is 6.00. The number of benzene rings is 2. The van der Waals surface area contributed by atoms with E-state index in [1.807, 2.05) is 30.3 Å². The third kappa shape index (κ3) is 3.09. The minimum Gasteiger partial charge on any atom is -0.494 e. The Balaban J connectivity index is 1.76. The second-order valence-electron chi connectivity index (χ2n) is 4.85. The highest BCUT2D eigenvalue weighted by molar-refractivity contribution is 6.31. The predicted molar refractivity (Wildman–Crippen MR) is 87.6 cm³/mol. The van der Waals surface area contributed by atoms with E-state index in [2.05, 4.69) is 22.1 Å². The number of aromatic hydroxyl groups is 1. The number of nitrogens with one attached hydrogen (secondary N) is 1. The van der Waals surface area contributed by atoms with E-state index in [1.165, 1.54) is 5.56 Å². The van der Waals surface area contributed by atoms with Gasteiger partial charge >= 0.3 is 0 Å². The van der Waals surface area contributed by atoms with Crippen LogP contribution in [0, 0.1) is 0 Å². The molecule has 4 heteroatoms. The molecule has 0 aliphatic carbocycles. The van der Waals surface area contributed by atoms with Gasteiger partial charge in [-0.05, 0) is 30.2 Å². The number of hydrogen-bond acceptors (Lipinski definition) is 2. The van der Waals surface area contributed by atoms with Crippen molar-refractivity contribution in [3.05, 3.63) is 64.7 Å². The first-order chi connectivity index (χ1) is 10.2. The third-order valence-electron chi connectivity index (χ3n) is 3.37. The van der Waals surface area contributed by atoms with Crippen molar-refractivity contribution in [3.8, 4) is 5.88 Å². The molecule has 0 unspecified atom stereocenters. The Kier molecular flexibility index (Phi) is 3.93. The molecule has 2 N–H and O–H groups in total. The Labute approximate surface area is 127 Å². The van der Waals surface area contributed by atoms with E-state index in [9.17, 15) is 5.11 Å². The molecular weight excluding hydrogens is 284 g/mol. The highest BCUT2D eigenvalue weighted by Gasteiger charge is 2.08. The Hall–Kier alpha value is -2.26.